The van der Waals surface area contributed by atoms with Crippen molar-refractivity contribution in [2.45, 2.75) is 34.6 Å². The van der Waals surface area contributed by atoms with Gasteiger partial charge in [-0.25, -0.2) is 0 Å². The minimum Gasteiger partial charge on any atom is -0.385 e. The quantitative estimate of drug-likeness (QED) is 0.829. The molecule has 1 aromatic heterocycles. The number of aromatic nitrogens is 1. The molecule has 4 nitrogen and oxygen atoms in total. The van der Waals surface area contributed by atoms with Gasteiger partial charge in [0.2, 0.25) is 0 Å². The van der Waals surface area contributed by atoms with Crippen LogP contribution in [-0.2, 0) is 0 Å². The first-order chi connectivity index (χ1) is 8.86. The summed E-state index contributed by atoms with van der Waals surface area (Å²) in [6.45, 7) is 12.1. The Morgan fingerprint density at radius 2 is 2.11 bits per heavy atom. The number of carbonyl (C=O) groups is 1. The van der Waals surface area contributed by atoms with Crippen LogP contribution in [0.25, 0.3) is 0 Å². The maximum atomic E-state index is 12.1. The van der Waals surface area contributed by atoms with Gasteiger partial charge in [0.15, 0.2) is 0 Å². The molecule has 0 radical (unpaired) electrons. The van der Waals surface area contributed by atoms with Crippen molar-refractivity contribution in [1.82, 2.24) is 10.3 Å². The van der Waals surface area contributed by atoms with Gasteiger partial charge in [-0.3, -0.25) is 9.78 Å². The first kappa shape index (κ1) is 15.5. The Morgan fingerprint density at radius 3 is 2.68 bits per heavy atom. The van der Waals surface area contributed by atoms with Gasteiger partial charge in [0.05, 0.1) is 0 Å². The van der Waals surface area contributed by atoms with Crippen LogP contribution < -0.4 is 10.6 Å². The first-order valence-corrected chi connectivity index (χ1v) is 6.85. The molecule has 2 N–H and O–H groups in total. The van der Waals surface area contributed by atoms with Gasteiger partial charge in [0.25, 0.3) is 5.91 Å². The highest BCUT2D eigenvalue weighted by molar-refractivity contribution is 5.93. The van der Waals surface area contributed by atoms with Crippen molar-refractivity contribution in [3.8, 4) is 0 Å². The van der Waals surface area contributed by atoms with Gasteiger partial charge in [-0.15, -0.1) is 0 Å². The monoisotopic (exact) mass is 263 g/mol. The van der Waals surface area contributed by atoms with Gasteiger partial charge in [-0.1, -0.05) is 27.7 Å². The summed E-state index contributed by atoms with van der Waals surface area (Å²) in [7, 11) is 0. The zero-order chi connectivity index (χ0) is 14.5. The number of nitrogens with zero attached hydrogens (tertiary/aromatic N) is 1. The highest BCUT2D eigenvalue weighted by Crippen LogP contribution is 2.24. The Bertz CT molecular complexity index is 427. The van der Waals surface area contributed by atoms with Gasteiger partial charge in [-0.05, 0) is 30.4 Å². The fraction of sp³-hybridized carbons (Fsp3) is 0.600. The van der Waals surface area contributed by atoms with Gasteiger partial charge in [0.1, 0.15) is 5.69 Å². The summed E-state index contributed by atoms with van der Waals surface area (Å²) >= 11 is 0. The predicted molar refractivity (Wildman–Crippen MR) is 79.4 cm³/mol. The number of hydrogen-bond acceptors (Lipinski definition) is 3. The molecule has 4 heteroatoms. The molecule has 0 fully saturated rings. The molecule has 0 saturated heterocycles. The van der Waals surface area contributed by atoms with E-state index in [-0.39, 0.29) is 11.3 Å². The lowest BCUT2D eigenvalue weighted by molar-refractivity contribution is 0.0920. The molecule has 1 rings (SSSR count). The molecule has 106 valence electrons. The van der Waals surface area contributed by atoms with Crippen LogP contribution in [0.4, 0.5) is 5.69 Å². The highest BCUT2D eigenvalue weighted by atomic mass is 16.1. The highest BCUT2D eigenvalue weighted by Gasteiger charge is 2.23. The zero-order valence-corrected chi connectivity index (χ0v) is 12.6. The molecule has 0 saturated carbocycles. The summed E-state index contributed by atoms with van der Waals surface area (Å²) in [5.74, 6) is 0.391. The molecule has 0 atom stereocenters. The number of amides is 1. The van der Waals surface area contributed by atoms with Gasteiger partial charge in [-0.2, -0.15) is 0 Å². The van der Waals surface area contributed by atoms with E-state index in [0.29, 0.717) is 18.2 Å². The normalized spacial score (nSPS) is 11.5. The molecule has 1 aromatic rings. The van der Waals surface area contributed by atoms with Crippen molar-refractivity contribution in [2.75, 3.05) is 18.4 Å². The molecular weight excluding hydrogens is 238 g/mol. The standard InChI is InChI=1S/C15H25N3O/c1-6-16-12-7-8-17-13(9-12)14(19)18-10-15(4,5)11(2)3/h7-9,11H,6,10H2,1-5H3,(H,16,17)(H,18,19). The Hall–Kier alpha value is -1.58. The van der Waals surface area contributed by atoms with Crippen LogP contribution in [0.2, 0.25) is 0 Å². The van der Waals surface area contributed by atoms with E-state index in [0.717, 1.165) is 12.2 Å². The molecule has 1 amide bonds. The zero-order valence-electron chi connectivity index (χ0n) is 12.6. The Morgan fingerprint density at radius 1 is 1.42 bits per heavy atom. The molecule has 0 aromatic carbocycles. The predicted octanol–water partition coefficient (Wildman–Crippen LogP) is 2.93. The summed E-state index contributed by atoms with van der Waals surface area (Å²) in [4.78, 5) is 16.2. The summed E-state index contributed by atoms with van der Waals surface area (Å²) < 4.78 is 0. The van der Waals surface area contributed by atoms with E-state index in [1.807, 2.05) is 13.0 Å². The van der Waals surface area contributed by atoms with Crippen LogP contribution in [0, 0.1) is 11.3 Å². The summed E-state index contributed by atoms with van der Waals surface area (Å²) in [5.41, 5.74) is 1.46. The number of carbonyl (C=O) groups excluding carboxylic acids is 1. The second kappa shape index (κ2) is 6.55. The molecule has 0 aliphatic carbocycles. The van der Waals surface area contributed by atoms with E-state index in [1.54, 1.807) is 12.3 Å². The van der Waals surface area contributed by atoms with Crippen LogP contribution in [0.15, 0.2) is 18.3 Å². The third kappa shape index (κ3) is 4.54. The number of anilines is 1. The second-order valence-corrected chi connectivity index (χ2v) is 5.79. The molecular formula is C15H25N3O. The molecule has 19 heavy (non-hydrogen) atoms. The number of pyridine rings is 1. The van der Waals surface area contributed by atoms with Crippen molar-refractivity contribution >= 4 is 11.6 Å². The maximum absolute atomic E-state index is 12.1. The van der Waals surface area contributed by atoms with E-state index in [9.17, 15) is 4.79 Å². The van der Waals surface area contributed by atoms with Crippen molar-refractivity contribution in [3.05, 3.63) is 24.0 Å². The molecule has 0 unspecified atom stereocenters. The third-order valence-corrected chi connectivity index (χ3v) is 3.64. The van der Waals surface area contributed by atoms with E-state index in [1.165, 1.54) is 0 Å². The largest absolute Gasteiger partial charge is 0.385 e. The molecule has 1 heterocycles. The fourth-order valence-corrected chi connectivity index (χ4v) is 1.47. The lowest BCUT2D eigenvalue weighted by Crippen LogP contribution is -2.37. The minimum absolute atomic E-state index is 0.0783. The Labute approximate surface area is 116 Å². The summed E-state index contributed by atoms with van der Waals surface area (Å²) in [6.07, 6.45) is 1.65. The van der Waals surface area contributed by atoms with Gasteiger partial charge >= 0.3 is 0 Å². The third-order valence-electron chi connectivity index (χ3n) is 3.64. The SMILES string of the molecule is CCNc1ccnc(C(=O)NCC(C)(C)C(C)C)c1. The van der Waals surface area contributed by atoms with Crippen LogP contribution in [0.3, 0.4) is 0 Å². The van der Waals surface area contributed by atoms with Crippen molar-refractivity contribution in [2.24, 2.45) is 11.3 Å². The lowest BCUT2D eigenvalue weighted by atomic mass is 9.81. The Kier molecular flexibility index (Phi) is 5.33. The molecule has 0 aliphatic rings. The summed E-state index contributed by atoms with van der Waals surface area (Å²) in [5, 5.41) is 6.13. The number of nitrogens with one attached hydrogen (secondary N) is 2. The second-order valence-electron chi connectivity index (χ2n) is 5.79. The summed E-state index contributed by atoms with van der Waals surface area (Å²) in [6, 6.07) is 3.64. The van der Waals surface area contributed by atoms with E-state index < -0.39 is 0 Å². The van der Waals surface area contributed by atoms with Crippen LogP contribution in [-0.4, -0.2) is 24.0 Å². The average Bonchev–Trinajstić information content (AvgIpc) is 2.36. The average molecular weight is 263 g/mol. The molecule has 0 spiro atoms. The first-order valence-electron chi connectivity index (χ1n) is 6.85. The van der Waals surface area contributed by atoms with E-state index >= 15 is 0 Å². The van der Waals surface area contributed by atoms with Crippen molar-refractivity contribution in [1.29, 1.82) is 0 Å². The van der Waals surface area contributed by atoms with Crippen LogP contribution >= 0.6 is 0 Å². The van der Waals surface area contributed by atoms with Gasteiger partial charge < -0.3 is 10.6 Å². The minimum atomic E-state index is -0.117. The number of hydrogen-bond donors (Lipinski definition) is 2. The molecule has 0 bridgehead atoms. The van der Waals surface area contributed by atoms with Crippen molar-refractivity contribution < 1.29 is 4.79 Å². The lowest BCUT2D eigenvalue weighted by Gasteiger charge is -2.29. The van der Waals surface area contributed by atoms with Crippen LogP contribution in [0.1, 0.15) is 45.1 Å². The smallest absolute Gasteiger partial charge is 0.269 e. The van der Waals surface area contributed by atoms with Crippen LogP contribution in [0.5, 0.6) is 0 Å². The van der Waals surface area contributed by atoms with Gasteiger partial charge in [0, 0.05) is 25.0 Å². The van der Waals surface area contributed by atoms with E-state index in [2.05, 4.69) is 43.3 Å². The Balaban J connectivity index is 2.66. The van der Waals surface area contributed by atoms with Crippen molar-refractivity contribution in [3.63, 3.8) is 0 Å². The fourth-order valence-electron chi connectivity index (χ4n) is 1.47. The topological polar surface area (TPSA) is 54.0 Å². The maximum Gasteiger partial charge on any atom is 0.269 e. The van der Waals surface area contributed by atoms with E-state index in [4.69, 9.17) is 0 Å². The number of rotatable bonds is 6. The molecule has 0 aliphatic heterocycles.